The Labute approximate surface area is 158 Å². The van der Waals surface area contributed by atoms with E-state index in [2.05, 4.69) is 43.0 Å². The number of benzene rings is 1. The van der Waals surface area contributed by atoms with Crippen LogP contribution in [0, 0.1) is 0 Å². The van der Waals surface area contributed by atoms with Crippen LogP contribution in [0.1, 0.15) is 25.1 Å². The standard InChI is InChI=1S/C20H24N6O/c1-27-19-7-9-21-20(24-19)22-14-5-6-17-16(13-14)23-18-8-10-25(11-12-26(17)18)15-3-2-4-15/h5-7,9,13,15H,2-4,8,10-12H2,1H3,(H,21,22,24). The number of ether oxygens (including phenoxy) is 1. The smallest absolute Gasteiger partial charge is 0.230 e. The lowest BCUT2D eigenvalue weighted by Gasteiger charge is -2.36. The zero-order valence-corrected chi connectivity index (χ0v) is 15.6. The van der Waals surface area contributed by atoms with Crippen LogP contribution in [0.5, 0.6) is 5.88 Å². The minimum atomic E-state index is 0.519. The largest absolute Gasteiger partial charge is 0.481 e. The minimum Gasteiger partial charge on any atom is -0.481 e. The van der Waals surface area contributed by atoms with Crippen molar-refractivity contribution in [2.45, 2.75) is 38.3 Å². The molecule has 2 aromatic heterocycles. The van der Waals surface area contributed by atoms with Gasteiger partial charge in [-0.25, -0.2) is 9.97 Å². The van der Waals surface area contributed by atoms with E-state index < -0.39 is 0 Å². The summed E-state index contributed by atoms with van der Waals surface area (Å²) in [4.78, 5) is 16.1. The van der Waals surface area contributed by atoms with E-state index >= 15 is 0 Å². The first-order valence-electron chi connectivity index (χ1n) is 9.67. The summed E-state index contributed by atoms with van der Waals surface area (Å²) in [5.74, 6) is 2.26. The molecule has 5 rings (SSSR count). The Morgan fingerprint density at radius 3 is 2.85 bits per heavy atom. The fourth-order valence-corrected chi connectivity index (χ4v) is 4.04. The highest BCUT2D eigenvalue weighted by Crippen LogP contribution is 2.28. The van der Waals surface area contributed by atoms with Crippen molar-refractivity contribution in [3.05, 3.63) is 36.3 Å². The molecule has 1 fully saturated rings. The van der Waals surface area contributed by atoms with Crippen LogP contribution in [0.15, 0.2) is 30.5 Å². The lowest BCUT2D eigenvalue weighted by Crippen LogP contribution is -2.41. The molecular formula is C20H24N6O. The lowest BCUT2D eigenvalue weighted by atomic mass is 9.91. The maximum atomic E-state index is 5.16. The molecular weight excluding hydrogens is 340 g/mol. The Morgan fingerprint density at radius 1 is 1.11 bits per heavy atom. The summed E-state index contributed by atoms with van der Waals surface area (Å²) < 4.78 is 7.55. The monoisotopic (exact) mass is 364 g/mol. The van der Waals surface area contributed by atoms with E-state index in [0.29, 0.717) is 11.8 Å². The topological polar surface area (TPSA) is 68.1 Å². The Morgan fingerprint density at radius 2 is 2.04 bits per heavy atom. The molecule has 3 heterocycles. The van der Waals surface area contributed by atoms with Crippen LogP contribution in [-0.2, 0) is 13.0 Å². The van der Waals surface area contributed by atoms with Crippen LogP contribution >= 0.6 is 0 Å². The third-order valence-electron chi connectivity index (χ3n) is 5.75. The summed E-state index contributed by atoms with van der Waals surface area (Å²) in [7, 11) is 1.60. The summed E-state index contributed by atoms with van der Waals surface area (Å²) >= 11 is 0. The summed E-state index contributed by atoms with van der Waals surface area (Å²) in [6, 6.07) is 8.82. The van der Waals surface area contributed by atoms with E-state index in [1.54, 1.807) is 19.4 Å². The van der Waals surface area contributed by atoms with E-state index in [1.807, 2.05) is 0 Å². The normalized spacial score (nSPS) is 18.0. The number of imidazole rings is 1. The first-order valence-corrected chi connectivity index (χ1v) is 9.67. The number of methoxy groups -OCH3 is 1. The van der Waals surface area contributed by atoms with Gasteiger partial charge in [0.1, 0.15) is 5.82 Å². The molecule has 7 heteroatoms. The SMILES string of the molecule is COc1ccnc(Nc2ccc3c(c2)nc2n3CCN(C3CCC3)CC2)n1. The Kier molecular flexibility index (Phi) is 4.16. The van der Waals surface area contributed by atoms with Gasteiger partial charge < -0.3 is 14.6 Å². The number of anilines is 2. The molecule has 140 valence electrons. The van der Waals surface area contributed by atoms with Crippen LogP contribution in [0.25, 0.3) is 11.0 Å². The molecule has 1 saturated carbocycles. The van der Waals surface area contributed by atoms with Crippen molar-refractivity contribution in [1.82, 2.24) is 24.4 Å². The first-order chi connectivity index (χ1) is 13.3. The maximum absolute atomic E-state index is 5.16. The molecule has 0 amide bonds. The Hall–Kier alpha value is -2.67. The molecule has 3 aromatic rings. The zero-order valence-electron chi connectivity index (χ0n) is 15.6. The average molecular weight is 364 g/mol. The van der Waals surface area contributed by atoms with Gasteiger partial charge in [0, 0.05) is 50.0 Å². The number of rotatable bonds is 4. The van der Waals surface area contributed by atoms with Crippen LogP contribution in [0.4, 0.5) is 11.6 Å². The number of hydrogen-bond acceptors (Lipinski definition) is 6. The minimum absolute atomic E-state index is 0.519. The van der Waals surface area contributed by atoms with Gasteiger partial charge >= 0.3 is 0 Å². The first kappa shape index (κ1) is 16.5. The number of hydrogen-bond donors (Lipinski definition) is 1. The van der Waals surface area contributed by atoms with Crippen molar-refractivity contribution < 1.29 is 4.74 Å². The molecule has 1 aromatic carbocycles. The van der Waals surface area contributed by atoms with Gasteiger partial charge in [-0.05, 0) is 31.0 Å². The van der Waals surface area contributed by atoms with Crippen LogP contribution in [0.2, 0.25) is 0 Å². The molecule has 1 N–H and O–H groups in total. The quantitative estimate of drug-likeness (QED) is 0.768. The molecule has 27 heavy (non-hydrogen) atoms. The third kappa shape index (κ3) is 3.12. The highest BCUT2D eigenvalue weighted by atomic mass is 16.5. The Bertz CT molecular complexity index is 964. The molecule has 0 atom stereocenters. The van der Waals surface area contributed by atoms with Gasteiger partial charge in [-0.2, -0.15) is 4.98 Å². The van der Waals surface area contributed by atoms with Crippen molar-refractivity contribution in [2.24, 2.45) is 0 Å². The van der Waals surface area contributed by atoms with Crippen molar-refractivity contribution in [3.63, 3.8) is 0 Å². The molecule has 2 aliphatic rings. The van der Waals surface area contributed by atoms with Gasteiger partial charge in [-0.1, -0.05) is 6.42 Å². The summed E-state index contributed by atoms with van der Waals surface area (Å²) in [6.07, 6.45) is 6.82. The van der Waals surface area contributed by atoms with Gasteiger partial charge in [0.25, 0.3) is 0 Å². The van der Waals surface area contributed by atoms with Crippen LogP contribution in [0.3, 0.4) is 0 Å². The van der Waals surface area contributed by atoms with E-state index in [-0.39, 0.29) is 0 Å². The van der Waals surface area contributed by atoms with Gasteiger partial charge in [-0.15, -0.1) is 0 Å². The number of nitrogens with one attached hydrogen (secondary N) is 1. The molecule has 0 radical (unpaired) electrons. The second-order valence-electron chi connectivity index (χ2n) is 7.30. The predicted molar refractivity (Wildman–Crippen MR) is 105 cm³/mol. The molecule has 0 bridgehead atoms. The van der Waals surface area contributed by atoms with Crippen LogP contribution in [-0.4, -0.2) is 50.7 Å². The van der Waals surface area contributed by atoms with E-state index in [1.165, 1.54) is 30.6 Å². The van der Waals surface area contributed by atoms with Crippen molar-refractivity contribution in [3.8, 4) is 5.88 Å². The van der Waals surface area contributed by atoms with Crippen molar-refractivity contribution >= 4 is 22.7 Å². The maximum Gasteiger partial charge on any atom is 0.230 e. The van der Waals surface area contributed by atoms with E-state index in [4.69, 9.17) is 9.72 Å². The van der Waals surface area contributed by atoms with Gasteiger partial charge in [0.2, 0.25) is 11.8 Å². The number of fused-ring (bicyclic) bond motifs is 3. The third-order valence-corrected chi connectivity index (χ3v) is 5.75. The molecule has 0 unspecified atom stereocenters. The second-order valence-corrected chi connectivity index (χ2v) is 7.30. The number of aromatic nitrogens is 4. The van der Waals surface area contributed by atoms with Crippen LogP contribution < -0.4 is 10.1 Å². The van der Waals surface area contributed by atoms with Gasteiger partial charge in [0.15, 0.2) is 0 Å². The molecule has 0 saturated heterocycles. The molecule has 0 spiro atoms. The predicted octanol–water partition coefficient (Wildman–Crippen LogP) is 2.99. The Balaban J connectivity index is 1.38. The fraction of sp³-hybridized carbons (Fsp3) is 0.450. The van der Waals surface area contributed by atoms with Gasteiger partial charge in [-0.3, -0.25) is 4.90 Å². The average Bonchev–Trinajstić information content (AvgIpc) is 2.87. The zero-order chi connectivity index (χ0) is 18.2. The number of nitrogens with zero attached hydrogens (tertiary/aromatic N) is 5. The highest BCUT2D eigenvalue weighted by molar-refractivity contribution is 5.81. The van der Waals surface area contributed by atoms with E-state index in [0.717, 1.165) is 43.3 Å². The highest BCUT2D eigenvalue weighted by Gasteiger charge is 2.27. The fourth-order valence-electron chi connectivity index (χ4n) is 4.04. The molecule has 1 aliphatic carbocycles. The van der Waals surface area contributed by atoms with Crippen molar-refractivity contribution in [2.75, 3.05) is 25.5 Å². The summed E-state index contributed by atoms with van der Waals surface area (Å²) in [5.41, 5.74) is 3.16. The molecule has 1 aliphatic heterocycles. The van der Waals surface area contributed by atoms with Gasteiger partial charge in [0.05, 0.1) is 18.1 Å². The molecule has 7 nitrogen and oxygen atoms in total. The summed E-state index contributed by atoms with van der Waals surface area (Å²) in [6.45, 7) is 3.27. The lowest BCUT2D eigenvalue weighted by molar-refractivity contribution is 0.130. The van der Waals surface area contributed by atoms with Crippen molar-refractivity contribution in [1.29, 1.82) is 0 Å². The van der Waals surface area contributed by atoms with E-state index in [9.17, 15) is 0 Å². The second kappa shape index (κ2) is 6.81. The summed E-state index contributed by atoms with van der Waals surface area (Å²) in [5, 5.41) is 3.24.